The van der Waals surface area contributed by atoms with E-state index in [-0.39, 0.29) is 5.60 Å². The van der Waals surface area contributed by atoms with Gasteiger partial charge in [0, 0.05) is 0 Å². The fraction of sp³-hybridized carbons (Fsp3) is 1.00. The lowest BCUT2D eigenvalue weighted by Crippen LogP contribution is -2.51. The summed E-state index contributed by atoms with van der Waals surface area (Å²) in [5, 5.41) is 12.3. The largest absolute Gasteiger partial charge is 0.389 e. The molecule has 3 fully saturated rings. The van der Waals surface area contributed by atoms with Crippen LogP contribution in [0, 0.1) is 17.8 Å². The standard InChI is InChI=1S/C22H40O/c23-22(19-13-7-1-2-8-14-19,20-15-9-3-4-10-16-20)21-17-11-5-6-12-18-21/h19-21,23H,1-18H2. The molecule has 134 valence electrons. The molecule has 1 heteroatoms. The highest BCUT2D eigenvalue weighted by atomic mass is 16.3. The van der Waals surface area contributed by atoms with Crippen LogP contribution in [0.3, 0.4) is 0 Å². The molecule has 0 radical (unpaired) electrons. The van der Waals surface area contributed by atoms with Gasteiger partial charge in [0.1, 0.15) is 0 Å². The molecule has 0 unspecified atom stereocenters. The molecule has 0 aromatic heterocycles. The van der Waals surface area contributed by atoms with Crippen molar-refractivity contribution >= 4 is 0 Å². The third-order valence-corrected chi connectivity index (χ3v) is 7.53. The van der Waals surface area contributed by atoms with Crippen LogP contribution in [0.5, 0.6) is 0 Å². The van der Waals surface area contributed by atoms with Gasteiger partial charge in [-0.3, -0.25) is 0 Å². The van der Waals surface area contributed by atoms with E-state index in [1.165, 1.54) is 116 Å². The average Bonchev–Trinajstić information content (AvgIpc) is 3.10. The van der Waals surface area contributed by atoms with Crippen molar-refractivity contribution in [3.05, 3.63) is 0 Å². The SMILES string of the molecule is OC(C1CCCCCC1)(C1CCCCCC1)C1CCCCCC1. The van der Waals surface area contributed by atoms with Crippen molar-refractivity contribution in [3.63, 3.8) is 0 Å². The van der Waals surface area contributed by atoms with E-state index in [1.807, 2.05) is 0 Å². The van der Waals surface area contributed by atoms with Gasteiger partial charge in [0.05, 0.1) is 5.60 Å². The van der Waals surface area contributed by atoms with Gasteiger partial charge in [0.25, 0.3) is 0 Å². The molecule has 23 heavy (non-hydrogen) atoms. The van der Waals surface area contributed by atoms with Crippen LogP contribution in [0.1, 0.15) is 116 Å². The van der Waals surface area contributed by atoms with Crippen LogP contribution in [0.2, 0.25) is 0 Å². The molecule has 0 bridgehead atoms. The number of rotatable bonds is 3. The Morgan fingerprint density at radius 2 is 0.609 bits per heavy atom. The van der Waals surface area contributed by atoms with Crippen molar-refractivity contribution in [1.29, 1.82) is 0 Å². The van der Waals surface area contributed by atoms with E-state index in [4.69, 9.17) is 0 Å². The van der Waals surface area contributed by atoms with Crippen LogP contribution >= 0.6 is 0 Å². The maximum absolute atomic E-state index is 12.3. The normalized spacial score (nSPS) is 28.0. The van der Waals surface area contributed by atoms with E-state index < -0.39 is 0 Å². The molecule has 1 N–H and O–H groups in total. The summed E-state index contributed by atoms with van der Waals surface area (Å²) in [6, 6.07) is 0. The van der Waals surface area contributed by atoms with Gasteiger partial charge in [-0.25, -0.2) is 0 Å². The molecule has 0 atom stereocenters. The summed E-state index contributed by atoms with van der Waals surface area (Å²) in [5.41, 5.74) is -0.320. The van der Waals surface area contributed by atoms with Gasteiger partial charge in [-0.05, 0) is 56.3 Å². The Morgan fingerprint density at radius 1 is 0.391 bits per heavy atom. The maximum Gasteiger partial charge on any atom is 0.0731 e. The molecule has 0 amide bonds. The summed E-state index contributed by atoms with van der Waals surface area (Å²) in [7, 11) is 0. The second-order valence-corrected chi connectivity index (χ2v) is 8.95. The van der Waals surface area contributed by atoms with Gasteiger partial charge in [-0.2, -0.15) is 0 Å². The Kier molecular flexibility index (Phi) is 6.86. The lowest BCUT2D eigenvalue weighted by molar-refractivity contribution is -0.128. The summed E-state index contributed by atoms with van der Waals surface area (Å²) >= 11 is 0. The average molecular weight is 321 g/mol. The predicted octanol–water partition coefficient (Wildman–Crippen LogP) is 6.63. The molecule has 3 aliphatic carbocycles. The molecule has 3 aliphatic rings. The first-order valence-corrected chi connectivity index (χ1v) is 11.0. The van der Waals surface area contributed by atoms with Gasteiger partial charge in [0.2, 0.25) is 0 Å². The van der Waals surface area contributed by atoms with Crippen LogP contribution in [-0.4, -0.2) is 10.7 Å². The van der Waals surface area contributed by atoms with E-state index in [0.717, 1.165) is 0 Å². The van der Waals surface area contributed by atoms with E-state index in [2.05, 4.69) is 0 Å². The molecule has 0 aliphatic heterocycles. The summed E-state index contributed by atoms with van der Waals surface area (Å²) in [5.74, 6) is 1.82. The number of hydrogen-bond acceptors (Lipinski definition) is 1. The van der Waals surface area contributed by atoms with Crippen molar-refractivity contribution in [2.24, 2.45) is 17.8 Å². The summed E-state index contributed by atoms with van der Waals surface area (Å²) in [6.07, 6.45) is 24.5. The Hall–Kier alpha value is -0.0400. The van der Waals surface area contributed by atoms with Crippen LogP contribution in [0.15, 0.2) is 0 Å². The minimum absolute atomic E-state index is 0.320. The highest BCUT2D eigenvalue weighted by molar-refractivity contribution is 4.99. The number of hydrogen-bond donors (Lipinski definition) is 1. The zero-order valence-electron chi connectivity index (χ0n) is 15.4. The predicted molar refractivity (Wildman–Crippen MR) is 98.5 cm³/mol. The minimum Gasteiger partial charge on any atom is -0.389 e. The summed E-state index contributed by atoms with van der Waals surface area (Å²) in [6.45, 7) is 0. The molecule has 0 saturated heterocycles. The number of aliphatic hydroxyl groups is 1. The van der Waals surface area contributed by atoms with E-state index in [1.54, 1.807) is 0 Å². The van der Waals surface area contributed by atoms with Crippen LogP contribution in [0.4, 0.5) is 0 Å². The zero-order chi connectivity index (χ0) is 16.0. The highest BCUT2D eigenvalue weighted by Gasteiger charge is 2.48. The van der Waals surface area contributed by atoms with Crippen molar-refractivity contribution in [2.75, 3.05) is 0 Å². The van der Waals surface area contributed by atoms with Crippen molar-refractivity contribution < 1.29 is 5.11 Å². The Balaban J connectivity index is 1.82. The van der Waals surface area contributed by atoms with Crippen molar-refractivity contribution in [3.8, 4) is 0 Å². The molecule has 1 nitrogen and oxygen atoms in total. The van der Waals surface area contributed by atoms with E-state index in [9.17, 15) is 5.11 Å². The Labute approximate surface area is 144 Å². The second-order valence-electron chi connectivity index (χ2n) is 8.95. The molecule has 0 spiro atoms. The zero-order valence-corrected chi connectivity index (χ0v) is 15.4. The third-order valence-electron chi connectivity index (χ3n) is 7.53. The second kappa shape index (κ2) is 8.88. The first-order valence-electron chi connectivity index (χ1n) is 11.0. The lowest BCUT2D eigenvalue weighted by Gasteiger charge is -2.48. The first kappa shape index (κ1) is 17.8. The molecular formula is C22H40O. The van der Waals surface area contributed by atoms with Crippen molar-refractivity contribution in [1.82, 2.24) is 0 Å². The van der Waals surface area contributed by atoms with Gasteiger partial charge < -0.3 is 5.11 Å². The van der Waals surface area contributed by atoms with Gasteiger partial charge in [0.15, 0.2) is 0 Å². The summed E-state index contributed by atoms with van der Waals surface area (Å²) < 4.78 is 0. The smallest absolute Gasteiger partial charge is 0.0731 e. The van der Waals surface area contributed by atoms with Gasteiger partial charge in [-0.15, -0.1) is 0 Å². The maximum atomic E-state index is 12.3. The van der Waals surface area contributed by atoms with Gasteiger partial charge in [-0.1, -0.05) is 77.0 Å². The Bertz CT molecular complexity index is 263. The molecule has 0 aromatic rings. The molecule has 0 aromatic carbocycles. The lowest BCUT2D eigenvalue weighted by atomic mass is 9.62. The monoisotopic (exact) mass is 320 g/mol. The van der Waals surface area contributed by atoms with E-state index in [0.29, 0.717) is 17.8 Å². The molecular weight excluding hydrogens is 280 g/mol. The molecule has 3 rings (SSSR count). The fourth-order valence-corrected chi connectivity index (χ4v) is 6.23. The van der Waals surface area contributed by atoms with Crippen LogP contribution in [0.25, 0.3) is 0 Å². The van der Waals surface area contributed by atoms with Crippen LogP contribution in [-0.2, 0) is 0 Å². The quantitative estimate of drug-likeness (QED) is 0.579. The molecule has 0 heterocycles. The van der Waals surface area contributed by atoms with Crippen LogP contribution < -0.4 is 0 Å². The van der Waals surface area contributed by atoms with Crippen molar-refractivity contribution in [2.45, 2.75) is 121 Å². The highest BCUT2D eigenvalue weighted by Crippen LogP contribution is 2.49. The first-order chi connectivity index (χ1) is 11.3. The minimum atomic E-state index is -0.320. The molecule has 3 saturated carbocycles. The summed E-state index contributed by atoms with van der Waals surface area (Å²) in [4.78, 5) is 0. The van der Waals surface area contributed by atoms with E-state index >= 15 is 0 Å². The fourth-order valence-electron chi connectivity index (χ4n) is 6.23. The Morgan fingerprint density at radius 3 is 0.826 bits per heavy atom. The third kappa shape index (κ3) is 4.33. The topological polar surface area (TPSA) is 20.2 Å². The van der Waals surface area contributed by atoms with Gasteiger partial charge >= 0.3 is 0 Å².